The Hall–Kier alpha value is -5.48. The summed E-state index contributed by atoms with van der Waals surface area (Å²) in [5, 5.41) is 20.5. The number of hydrogen-bond donors (Lipinski definition) is 0. The van der Waals surface area contributed by atoms with Gasteiger partial charge in [0.25, 0.3) is 0 Å². The molecule has 0 fully saturated rings. The zero-order valence-corrected chi connectivity index (χ0v) is 23.7. The Kier molecular flexibility index (Phi) is 7.84. The van der Waals surface area contributed by atoms with Crippen LogP contribution in [-0.4, -0.2) is 23.1 Å². The summed E-state index contributed by atoms with van der Waals surface area (Å²) in [5.41, 5.74) is 8.95. The number of nitrogens with zero attached hydrogens (tertiary/aromatic N) is 4. The molecule has 0 amide bonds. The smallest absolute Gasteiger partial charge is 0.0714 e. The van der Waals surface area contributed by atoms with Gasteiger partial charge in [-0.3, -0.25) is 9.98 Å². The third-order valence-corrected chi connectivity index (χ3v) is 8.13. The molecule has 4 aromatic rings. The molecular weight excluding hydrogens is 524 g/mol. The SMILES string of the molecule is C=C(/C=C\C=[N-])/C=C/C(=C\C(=[N-])c1ccc2c(c1)-c1ccccc1C2(c1ccccc1)c1ccncc1)C1C=NC=CC1. The Morgan fingerprint density at radius 1 is 0.837 bits per heavy atom. The molecule has 1 aliphatic carbocycles. The zero-order chi connectivity index (χ0) is 29.6. The molecule has 208 valence electrons. The number of allylic oxidation sites excluding steroid dienone is 8. The average molecular weight is 555 g/mol. The number of benzene rings is 3. The molecule has 2 aliphatic rings. The van der Waals surface area contributed by atoms with Gasteiger partial charge >= 0.3 is 0 Å². The summed E-state index contributed by atoms with van der Waals surface area (Å²) in [5.74, 6) is 0.0113. The fraction of sp³-hybridized carbons (Fsp3) is 0.0769. The lowest BCUT2D eigenvalue weighted by Gasteiger charge is -2.33. The van der Waals surface area contributed by atoms with E-state index in [4.69, 9.17) is 5.41 Å². The molecule has 43 heavy (non-hydrogen) atoms. The van der Waals surface area contributed by atoms with Crippen molar-refractivity contribution in [2.45, 2.75) is 11.8 Å². The molecule has 0 saturated carbocycles. The number of aromatic nitrogens is 1. The second-order valence-electron chi connectivity index (χ2n) is 10.6. The summed E-state index contributed by atoms with van der Waals surface area (Å²) in [6.07, 6.45) is 20.0. The van der Waals surface area contributed by atoms with Gasteiger partial charge in [0.05, 0.1) is 5.41 Å². The van der Waals surface area contributed by atoms with Crippen LogP contribution >= 0.6 is 0 Å². The largest absolute Gasteiger partial charge is 0.811 e. The van der Waals surface area contributed by atoms with E-state index < -0.39 is 5.41 Å². The van der Waals surface area contributed by atoms with Crippen molar-refractivity contribution in [2.24, 2.45) is 10.9 Å². The topological polar surface area (TPSA) is 69.8 Å². The van der Waals surface area contributed by atoms with E-state index in [0.717, 1.165) is 46.0 Å². The summed E-state index contributed by atoms with van der Waals surface area (Å²) in [6, 6.07) is 29.6. The predicted octanol–water partition coefficient (Wildman–Crippen LogP) is 8.64. The summed E-state index contributed by atoms with van der Waals surface area (Å²) < 4.78 is 0. The Balaban J connectivity index is 1.47. The lowest BCUT2D eigenvalue weighted by Crippen LogP contribution is -2.28. The zero-order valence-electron chi connectivity index (χ0n) is 23.7. The molecular formula is C39H30N4-2. The first-order valence-electron chi connectivity index (χ1n) is 14.3. The van der Waals surface area contributed by atoms with Crippen LogP contribution in [0.5, 0.6) is 0 Å². The third kappa shape index (κ3) is 5.20. The van der Waals surface area contributed by atoms with Crippen molar-refractivity contribution in [3.05, 3.63) is 196 Å². The normalized spacial score (nSPS) is 19.0. The highest BCUT2D eigenvalue weighted by Crippen LogP contribution is 2.56. The molecule has 0 saturated heterocycles. The van der Waals surface area contributed by atoms with Crippen LogP contribution in [0.4, 0.5) is 0 Å². The third-order valence-electron chi connectivity index (χ3n) is 8.13. The molecule has 2 heterocycles. The fourth-order valence-electron chi connectivity index (χ4n) is 6.17. The number of hydrogen-bond acceptors (Lipinski definition) is 2. The molecule has 2 atom stereocenters. The highest BCUT2D eigenvalue weighted by Gasteiger charge is 2.45. The average Bonchev–Trinajstić information content (AvgIpc) is 3.37. The van der Waals surface area contributed by atoms with Crippen LogP contribution in [-0.2, 0) is 5.41 Å². The summed E-state index contributed by atoms with van der Waals surface area (Å²) >= 11 is 0. The van der Waals surface area contributed by atoms with E-state index in [1.54, 1.807) is 12.3 Å². The van der Waals surface area contributed by atoms with E-state index in [1.807, 2.05) is 55.0 Å². The summed E-state index contributed by atoms with van der Waals surface area (Å²) in [7, 11) is 0. The van der Waals surface area contributed by atoms with Crippen LogP contribution in [0.1, 0.15) is 34.2 Å². The second kappa shape index (κ2) is 12.2. The maximum atomic E-state index is 11.5. The minimum absolute atomic E-state index is 0.0113. The van der Waals surface area contributed by atoms with Crippen molar-refractivity contribution in [1.82, 2.24) is 4.98 Å². The first kappa shape index (κ1) is 27.7. The van der Waals surface area contributed by atoms with Crippen LogP contribution in [0, 0.1) is 5.92 Å². The van der Waals surface area contributed by atoms with E-state index in [2.05, 4.69) is 89.4 Å². The summed E-state index contributed by atoms with van der Waals surface area (Å²) in [4.78, 5) is 8.65. The first-order chi connectivity index (χ1) is 21.1. The van der Waals surface area contributed by atoms with E-state index >= 15 is 0 Å². The summed E-state index contributed by atoms with van der Waals surface area (Å²) in [6.45, 7) is 4.02. The van der Waals surface area contributed by atoms with Crippen LogP contribution in [0.25, 0.3) is 21.9 Å². The first-order valence-corrected chi connectivity index (χ1v) is 14.3. The molecule has 1 aliphatic heterocycles. The number of pyridine rings is 1. The lowest BCUT2D eigenvalue weighted by atomic mass is 9.68. The molecule has 4 heteroatoms. The van der Waals surface area contributed by atoms with Gasteiger partial charge < -0.3 is 10.8 Å². The van der Waals surface area contributed by atoms with Crippen LogP contribution < -0.4 is 0 Å². The van der Waals surface area contributed by atoms with Gasteiger partial charge in [-0.05, 0) is 74.7 Å². The quantitative estimate of drug-likeness (QED) is 0.133. The molecule has 0 bridgehead atoms. The molecule has 4 nitrogen and oxygen atoms in total. The van der Waals surface area contributed by atoms with Gasteiger partial charge in [0, 0.05) is 30.7 Å². The molecule has 3 aromatic carbocycles. The fourth-order valence-corrected chi connectivity index (χ4v) is 6.17. The maximum Gasteiger partial charge on any atom is 0.0714 e. The number of rotatable bonds is 9. The number of fused-ring (bicyclic) bond motifs is 3. The van der Waals surface area contributed by atoms with Crippen LogP contribution in [0.15, 0.2) is 163 Å². The highest BCUT2D eigenvalue weighted by molar-refractivity contribution is 6.12. The Morgan fingerprint density at radius 3 is 2.35 bits per heavy atom. The predicted molar refractivity (Wildman–Crippen MR) is 180 cm³/mol. The minimum atomic E-state index is -0.515. The van der Waals surface area contributed by atoms with Gasteiger partial charge in [-0.2, -0.15) is 11.9 Å². The lowest BCUT2D eigenvalue weighted by molar-refractivity contribution is 0.766. The van der Waals surface area contributed by atoms with Gasteiger partial charge in [-0.25, -0.2) is 0 Å². The van der Waals surface area contributed by atoms with E-state index in [1.165, 1.54) is 22.8 Å². The van der Waals surface area contributed by atoms with Crippen molar-refractivity contribution >= 4 is 18.1 Å². The van der Waals surface area contributed by atoms with Crippen molar-refractivity contribution in [2.75, 3.05) is 0 Å². The van der Waals surface area contributed by atoms with Crippen LogP contribution in [0.2, 0.25) is 0 Å². The van der Waals surface area contributed by atoms with Gasteiger partial charge in [0.2, 0.25) is 0 Å². The van der Waals surface area contributed by atoms with E-state index in [-0.39, 0.29) is 11.6 Å². The van der Waals surface area contributed by atoms with Gasteiger partial charge in [-0.1, -0.05) is 110 Å². The second-order valence-corrected chi connectivity index (χ2v) is 10.6. The highest BCUT2D eigenvalue weighted by atomic mass is 14.7. The minimum Gasteiger partial charge on any atom is -0.811 e. The standard InChI is InChI=1S/C39H30N4/c1-28(9-7-21-40)15-16-29(31-10-8-22-43-27-31)26-38(41)30-17-18-37-35(25-30)34-13-5-6-14-36(34)39(37,32-11-3-2-4-12-32)33-19-23-42-24-20-33/h2-9,11-27,31H,1,10H2/q-2/b9-7-,16-15+,29-26+. The van der Waals surface area contributed by atoms with Crippen molar-refractivity contribution < 1.29 is 0 Å². The van der Waals surface area contributed by atoms with Gasteiger partial charge in [-0.15, -0.1) is 0 Å². The molecule has 2 unspecified atom stereocenters. The van der Waals surface area contributed by atoms with Gasteiger partial charge in [0.1, 0.15) is 0 Å². The molecule has 0 radical (unpaired) electrons. The Labute approximate surface area is 252 Å². The van der Waals surface area contributed by atoms with E-state index in [9.17, 15) is 5.41 Å². The Bertz CT molecular complexity index is 1800. The molecule has 0 N–H and O–H groups in total. The van der Waals surface area contributed by atoms with Crippen molar-refractivity contribution in [3.8, 4) is 11.1 Å². The van der Waals surface area contributed by atoms with Crippen LogP contribution in [0.3, 0.4) is 0 Å². The number of aliphatic imine (C=N–C) groups is 1. The monoisotopic (exact) mass is 554 g/mol. The van der Waals surface area contributed by atoms with Crippen molar-refractivity contribution in [1.29, 1.82) is 0 Å². The maximum absolute atomic E-state index is 11.5. The van der Waals surface area contributed by atoms with E-state index in [0.29, 0.717) is 0 Å². The molecule has 6 rings (SSSR count). The molecule has 1 aromatic heterocycles. The van der Waals surface area contributed by atoms with Crippen molar-refractivity contribution in [3.63, 3.8) is 0 Å². The molecule has 0 spiro atoms. The van der Waals surface area contributed by atoms with Gasteiger partial charge in [0.15, 0.2) is 0 Å². The Morgan fingerprint density at radius 2 is 1.58 bits per heavy atom.